The normalized spacial score (nSPS) is 18.7. The van der Waals surface area contributed by atoms with Gasteiger partial charge in [-0.3, -0.25) is 14.4 Å². The van der Waals surface area contributed by atoms with Gasteiger partial charge in [0.15, 0.2) is 0 Å². The molecule has 318 valence electrons. The molecule has 4 rings (SSSR count). The number of hydrogen-bond acceptors (Lipinski definition) is 9. The topological polar surface area (TPSA) is 166 Å². The van der Waals surface area contributed by atoms with Gasteiger partial charge >= 0.3 is 17.9 Å². The predicted molar refractivity (Wildman–Crippen MR) is 217 cm³/mol. The fourth-order valence-electron chi connectivity index (χ4n) is 8.60. The molecular weight excluding hydrogens is 727 g/mol. The molecule has 12 nitrogen and oxygen atoms in total. The van der Waals surface area contributed by atoms with Gasteiger partial charge in [0, 0.05) is 16.7 Å². The number of hydrogen-bond donors (Lipinski definition) is 3. The molecule has 0 radical (unpaired) electrons. The highest BCUT2D eigenvalue weighted by Crippen LogP contribution is 2.30. The molecule has 1 aromatic rings. The van der Waals surface area contributed by atoms with Crippen molar-refractivity contribution in [3.63, 3.8) is 0 Å². The molecule has 3 saturated carbocycles. The SMILES string of the molecule is CC(C)OC(=O)[C@H](CC1CCCCC1)NC(=O)c1cc(C(=O)N[C@@H](CC2CCCCC2)C(=O)OC(C)C)cc(C(=O)N[C@@H](CC2CCCCC2)C(=O)OC(C)C)c1. The highest BCUT2D eigenvalue weighted by molar-refractivity contribution is 6.06. The Morgan fingerprint density at radius 3 is 0.877 bits per heavy atom. The second-order valence-corrected chi connectivity index (χ2v) is 17.6. The Hall–Kier alpha value is -3.96. The summed E-state index contributed by atoms with van der Waals surface area (Å²) in [5.74, 6) is -2.89. The number of nitrogens with one attached hydrogen (secondary N) is 3. The van der Waals surface area contributed by atoms with Gasteiger partial charge in [0.2, 0.25) is 0 Å². The summed E-state index contributed by atoms with van der Waals surface area (Å²) < 4.78 is 16.7. The van der Waals surface area contributed by atoms with Crippen LogP contribution in [0.2, 0.25) is 0 Å². The van der Waals surface area contributed by atoms with E-state index in [9.17, 15) is 28.8 Å². The van der Waals surface area contributed by atoms with E-state index in [0.717, 1.165) is 96.3 Å². The van der Waals surface area contributed by atoms with E-state index in [2.05, 4.69) is 16.0 Å². The van der Waals surface area contributed by atoms with Crippen molar-refractivity contribution < 1.29 is 43.0 Å². The summed E-state index contributed by atoms with van der Waals surface area (Å²) >= 11 is 0. The van der Waals surface area contributed by atoms with Gasteiger partial charge < -0.3 is 30.2 Å². The predicted octanol–water partition coefficient (Wildman–Crippen LogP) is 7.75. The molecule has 0 bridgehead atoms. The maximum atomic E-state index is 14.1. The third kappa shape index (κ3) is 15.4. The van der Waals surface area contributed by atoms with Crippen LogP contribution < -0.4 is 16.0 Å². The lowest BCUT2D eigenvalue weighted by atomic mass is 9.84. The minimum Gasteiger partial charge on any atom is -0.461 e. The molecular formula is C45H69N3O9. The van der Waals surface area contributed by atoms with Crippen LogP contribution >= 0.6 is 0 Å². The lowest BCUT2D eigenvalue weighted by Gasteiger charge is -2.27. The first kappa shape index (κ1) is 45.7. The van der Waals surface area contributed by atoms with Crippen LogP contribution in [0.3, 0.4) is 0 Å². The Morgan fingerprint density at radius 2 is 0.667 bits per heavy atom. The van der Waals surface area contributed by atoms with Crippen molar-refractivity contribution in [3.8, 4) is 0 Å². The second kappa shape index (κ2) is 22.8. The summed E-state index contributed by atoms with van der Waals surface area (Å²) in [4.78, 5) is 82.4. The van der Waals surface area contributed by atoms with Gasteiger partial charge in [0.25, 0.3) is 17.7 Å². The van der Waals surface area contributed by atoms with Crippen molar-refractivity contribution in [2.75, 3.05) is 0 Å². The van der Waals surface area contributed by atoms with Crippen LogP contribution in [0.4, 0.5) is 0 Å². The molecule has 3 N–H and O–H groups in total. The van der Waals surface area contributed by atoms with Crippen LogP contribution in [0.1, 0.15) is 188 Å². The van der Waals surface area contributed by atoms with Crippen molar-refractivity contribution in [3.05, 3.63) is 34.9 Å². The summed E-state index contributed by atoms with van der Waals surface area (Å²) in [7, 11) is 0. The van der Waals surface area contributed by atoms with E-state index >= 15 is 0 Å². The Labute approximate surface area is 340 Å². The van der Waals surface area contributed by atoms with E-state index in [1.165, 1.54) is 18.2 Å². The van der Waals surface area contributed by atoms with Gasteiger partial charge in [-0.1, -0.05) is 96.3 Å². The molecule has 12 heteroatoms. The Bertz CT molecular complexity index is 1320. The third-order valence-electron chi connectivity index (χ3n) is 11.4. The van der Waals surface area contributed by atoms with Gasteiger partial charge in [-0.05, 0) is 96.8 Å². The summed E-state index contributed by atoms with van der Waals surface area (Å²) in [6.07, 6.45) is 15.5. The Kier molecular flexibility index (Phi) is 18.3. The average Bonchev–Trinajstić information content (AvgIpc) is 3.17. The van der Waals surface area contributed by atoms with Gasteiger partial charge in [0.1, 0.15) is 18.1 Å². The number of esters is 3. The summed E-state index contributed by atoms with van der Waals surface area (Å²) in [5.41, 5.74) is -0.0806. The van der Waals surface area contributed by atoms with Crippen LogP contribution in [0, 0.1) is 17.8 Å². The van der Waals surface area contributed by atoms with Crippen molar-refractivity contribution >= 4 is 35.6 Å². The lowest BCUT2D eigenvalue weighted by molar-refractivity contribution is -0.151. The van der Waals surface area contributed by atoms with Crippen LogP contribution in [-0.4, -0.2) is 72.1 Å². The molecule has 3 atom stereocenters. The van der Waals surface area contributed by atoms with Gasteiger partial charge in [-0.25, -0.2) is 14.4 Å². The fourth-order valence-corrected chi connectivity index (χ4v) is 8.60. The van der Waals surface area contributed by atoms with Crippen LogP contribution in [0.5, 0.6) is 0 Å². The Morgan fingerprint density at radius 1 is 0.439 bits per heavy atom. The number of carbonyl (C=O) groups excluding carboxylic acids is 6. The quantitative estimate of drug-likeness (QED) is 0.0995. The largest absolute Gasteiger partial charge is 0.461 e. The maximum absolute atomic E-state index is 14.1. The van der Waals surface area contributed by atoms with Gasteiger partial charge in [-0.15, -0.1) is 0 Å². The monoisotopic (exact) mass is 796 g/mol. The first-order valence-corrected chi connectivity index (χ1v) is 21.9. The van der Waals surface area contributed by atoms with Gasteiger partial charge in [-0.2, -0.15) is 0 Å². The van der Waals surface area contributed by atoms with Crippen LogP contribution in [-0.2, 0) is 28.6 Å². The molecule has 0 spiro atoms. The number of rotatable bonds is 18. The van der Waals surface area contributed by atoms with E-state index in [1.54, 1.807) is 41.5 Å². The van der Waals surface area contributed by atoms with Crippen LogP contribution in [0.15, 0.2) is 18.2 Å². The summed E-state index contributed by atoms with van der Waals surface area (Å²) in [6, 6.07) is 1.29. The third-order valence-corrected chi connectivity index (χ3v) is 11.4. The van der Waals surface area contributed by atoms with E-state index in [-0.39, 0.29) is 34.4 Å². The number of ether oxygens (including phenoxy) is 3. The molecule has 0 unspecified atom stereocenters. The van der Waals surface area contributed by atoms with Crippen molar-refractivity contribution in [2.45, 2.75) is 194 Å². The standard InChI is InChI=1S/C45H69N3O9/c1-28(2)55-43(52)37(22-31-16-10-7-11-17-31)46-40(49)34-25-35(41(50)47-38(44(53)56-29(3)4)23-32-18-12-8-13-19-32)27-36(26-34)42(51)48-39(45(54)57-30(5)6)24-33-20-14-9-15-21-33/h25-33,37-39H,7-24H2,1-6H3,(H,46,49)(H,47,50)(H,48,51)/t37-,38-,39-/m0/s1. The number of amides is 3. The zero-order chi connectivity index (χ0) is 41.5. The molecule has 1 aromatic carbocycles. The molecule has 3 fully saturated rings. The smallest absolute Gasteiger partial charge is 0.328 e. The second-order valence-electron chi connectivity index (χ2n) is 17.6. The first-order valence-electron chi connectivity index (χ1n) is 21.9. The maximum Gasteiger partial charge on any atom is 0.328 e. The highest BCUT2D eigenvalue weighted by Gasteiger charge is 2.33. The lowest BCUT2D eigenvalue weighted by Crippen LogP contribution is -2.45. The zero-order valence-corrected chi connectivity index (χ0v) is 35.3. The minimum atomic E-state index is -0.936. The molecule has 3 aliphatic rings. The van der Waals surface area contributed by atoms with Crippen molar-refractivity contribution in [1.82, 2.24) is 16.0 Å². The molecule has 0 saturated heterocycles. The van der Waals surface area contributed by atoms with E-state index in [1.807, 2.05) is 0 Å². The molecule has 0 heterocycles. The summed E-state index contributed by atoms with van der Waals surface area (Å²) in [6.45, 7) is 10.5. The van der Waals surface area contributed by atoms with Crippen LogP contribution in [0.25, 0.3) is 0 Å². The van der Waals surface area contributed by atoms with Crippen molar-refractivity contribution in [1.29, 1.82) is 0 Å². The van der Waals surface area contributed by atoms with E-state index in [4.69, 9.17) is 14.2 Å². The Balaban J connectivity index is 1.68. The zero-order valence-electron chi connectivity index (χ0n) is 35.3. The van der Waals surface area contributed by atoms with Gasteiger partial charge in [0.05, 0.1) is 18.3 Å². The van der Waals surface area contributed by atoms with Crippen molar-refractivity contribution in [2.24, 2.45) is 17.8 Å². The molecule has 3 amide bonds. The minimum absolute atomic E-state index is 0.0269. The fraction of sp³-hybridized carbons (Fsp3) is 0.733. The molecule has 0 aromatic heterocycles. The number of benzene rings is 1. The summed E-state index contributed by atoms with van der Waals surface area (Å²) in [5, 5.41) is 8.59. The molecule has 3 aliphatic carbocycles. The first-order chi connectivity index (χ1) is 27.2. The number of carbonyl (C=O) groups is 6. The highest BCUT2D eigenvalue weighted by atomic mass is 16.6. The molecule has 57 heavy (non-hydrogen) atoms. The average molecular weight is 796 g/mol. The van der Waals surface area contributed by atoms with E-state index < -0.39 is 72.1 Å². The van der Waals surface area contributed by atoms with E-state index in [0.29, 0.717) is 19.3 Å². The molecule has 0 aliphatic heterocycles.